The summed E-state index contributed by atoms with van der Waals surface area (Å²) in [6.07, 6.45) is -0.0282. The van der Waals surface area contributed by atoms with Crippen LogP contribution in [0, 0.1) is 0 Å². The van der Waals surface area contributed by atoms with E-state index in [9.17, 15) is 0 Å². The van der Waals surface area contributed by atoms with Crippen LogP contribution in [0.15, 0.2) is 0 Å². The zero-order valence-corrected chi connectivity index (χ0v) is 11.1. The van der Waals surface area contributed by atoms with Gasteiger partial charge in [0.1, 0.15) is 0 Å². The molecule has 2 saturated heterocycles. The molecule has 6 nitrogen and oxygen atoms in total. The summed E-state index contributed by atoms with van der Waals surface area (Å²) in [7, 11) is 0. The molecule has 0 aromatic heterocycles. The van der Waals surface area contributed by atoms with Crippen molar-refractivity contribution in [2.45, 2.75) is 6.29 Å². The average molecular weight is 258 g/mol. The van der Waals surface area contributed by atoms with E-state index in [1.165, 1.54) is 0 Å². The van der Waals surface area contributed by atoms with Crippen LogP contribution in [0.4, 0.5) is 0 Å². The average Bonchev–Trinajstić information content (AvgIpc) is 2.85. The second-order valence-electron chi connectivity index (χ2n) is 4.72. The van der Waals surface area contributed by atoms with Crippen LogP contribution in [0.3, 0.4) is 0 Å². The Balaban J connectivity index is 1.70. The van der Waals surface area contributed by atoms with Crippen molar-refractivity contribution < 1.29 is 9.47 Å². The molecule has 2 rings (SSSR count). The monoisotopic (exact) mass is 258 g/mol. The van der Waals surface area contributed by atoms with E-state index in [1.54, 1.807) is 0 Å². The molecule has 0 radical (unpaired) electrons. The van der Waals surface area contributed by atoms with Crippen molar-refractivity contribution in [3.05, 3.63) is 0 Å². The standard InChI is InChI=1S/C12H26N4O2/c1-3-14-5-7-16(8-6-15-4-2-13-1)11-12-17-9-10-18-12/h12-15H,1-11H2. The Kier molecular flexibility index (Phi) is 6.92. The van der Waals surface area contributed by atoms with Gasteiger partial charge in [-0.2, -0.15) is 0 Å². The second kappa shape index (κ2) is 8.79. The second-order valence-corrected chi connectivity index (χ2v) is 4.72. The lowest BCUT2D eigenvalue weighted by Gasteiger charge is -2.25. The largest absolute Gasteiger partial charge is 0.349 e. The topological polar surface area (TPSA) is 57.8 Å². The molecule has 0 aliphatic carbocycles. The molecule has 0 bridgehead atoms. The van der Waals surface area contributed by atoms with Crippen LogP contribution in [0.1, 0.15) is 0 Å². The van der Waals surface area contributed by atoms with Crippen molar-refractivity contribution in [1.82, 2.24) is 20.9 Å². The Morgan fingerprint density at radius 3 is 1.83 bits per heavy atom. The molecule has 0 unspecified atom stereocenters. The normalized spacial score (nSPS) is 26.7. The first-order chi connectivity index (χ1) is 8.95. The Bertz CT molecular complexity index is 200. The maximum atomic E-state index is 5.51. The predicted octanol–water partition coefficient (Wildman–Crippen LogP) is -1.56. The highest BCUT2D eigenvalue weighted by Crippen LogP contribution is 2.05. The Labute approximate surface area is 109 Å². The molecule has 6 heteroatoms. The molecule has 2 heterocycles. The predicted molar refractivity (Wildman–Crippen MR) is 70.7 cm³/mol. The van der Waals surface area contributed by atoms with E-state index in [0.29, 0.717) is 0 Å². The minimum atomic E-state index is -0.0282. The van der Waals surface area contributed by atoms with E-state index >= 15 is 0 Å². The minimum absolute atomic E-state index is 0.0282. The number of hydrogen-bond donors (Lipinski definition) is 3. The summed E-state index contributed by atoms with van der Waals surface area (Å²) in [5.74, 6) is 0. The van der Waals surface area contributed by atoms with Crippen molar-refractivity contribution in [3.8, 4) is 0 Å². The molecule has 106 valence electrons. The summed E-state index contributed by atoms with van der Waals surface area (Å²) < 4.78 is 11.0. The molecule has 3 N–H and O–H groups in total. The molecule has 0 aromatic carbocycles. The highest BCUT2D eigenvalue weighted by atomic mass is 16.7. The molecule has 0 atom stereocenters. The lowest BCUT2D eigenvalue weighted by Crippen LogP contribution is -2.44. The summed E-state index contributed by atoms with van der Waals surface area (Å²) >= 11 is 0. The number of ether oxygens (including phenoxy) is 2. The fourth-order valence-corrected chi connectivity index (χ4v) is 2.22. The maximum Gasteiger partial charge on any atom is 0.170 e. The highest BCUT2D eigenvalue weighted by Gasteiger charge is 2.19. The number of hydrogen-bond acceptors (Lipinski definition) is 6. The first kappa shape index (κ1) is 14.2. The smallest absolute Gasteiger partial charge is 0.170 e. The van der Waals surface area contributed by atoms with Gasteiger partial charge >= 0.3 is 0 Å². The molecule has 2 aliphatic heterocycles. The molecule has 2 aliphatic rings. The molecule has 0 saturated carbocycles. The van der Waals surface area contributed by atoms with E-state index in [2.05, 4.69) is 20.9 Å². The Hall–Kier alpha value is -0.240. The lowest BCUT2D eigenvalue weighted by atomic mass is 10.4. The first-order valence-electron chi connectivity index (χ1n) is 7.03. The Morgan fingerprint density at radius 1 is 0.778 bits per heavy atom. The zero-order chi connectivity index (χ0) is 12.5. The van der Waals surface area contributed by atoms with Crippen LogP contribution in [-0.2, 0) is 9.47 Å². The van der Waals surface area contributed by atoms with Crippen molar-refractivity contribution in [2.75, 3.05) is 72.1 Å². The highest BCUT2D eigenvalue weighted by molar-refractivity contribution is 4.67. The van der Waals surface area contributed by atoms with Crippen LogP contribution >= 0.6 is 0 Å². The minimum Gasteiger partial charge on any atom is -0.349 e. The summed E-state index contributed by atoms with van der Waals surface area (Å²) in [6.45, 7) is 10.6. The van der Waals surface area contributed by atoms with Gasteiger partial charge in [0.2, 0.25) is 0 Å². The van der Waals surface area contributed by atoms with Crippen LogP contribution in [-0.4, -0.2) is 83.3 Å². The molecule has 0 aromatic rings. The third kappa shape index (κ3) is 5.60. The number of nitrogens with zero attached hydrogens (tertiary/aromatic N) is 1. The van der Waals surface area contributed by atoms with Gasteiger partial charge in [-0.05, 0) is 0 Å². The summed E-state index contributed by atoms with van der Waals surface area (Å²) in [5, 5.41) is 10.3. The fraction of sp³-hybridized carbons (Fsp3) is 1.00. The van der Waals surface area contributed by atoms with E-state index in [1.807, 2.05) is 0 Å². The molecule has 2 fully saturated rings. The maximum absolute atomic E-state index is 5.51. The van der Waals surface area contributed by atoms with Gasteiger partial charge in [0, 0.05) is 58.9 Å². The van der Waals surface area contributed by atoms with E-state index < -0.39 is 0 Å². The van der Waals surface area contributed by atoms with Gasteiger partial charge in [-0.1, -0.05) is 0 Å². The molecular formula is C12H26N4O2. The molecule has 18 heavy (non-hydrogen) atoms. The zero-order valence-electron chi connectivity index (χ0n) is 11.1. The van der Waals surface area contributed by atoms with Gasteiger partial charge in [0.25, 0.3) is 0 Å². The third-order valence-electron chi connectivity index (χ3n) is 3.26. The van der Waals surface area contributed by atoms with Gasteiger partial charge in [-0.15, -0.1) is 0 Å². The van der Waals surface area contributed by atoms with Gasteiger partial charge in [-0.3, -0.25) is 4.90 Å². The van der Waals surface area contributed by atoms with Gasteiger partial charge in [0.15, 0.2) is 6.29 Å². The Morgan fingerprint density at radius 2 is 1.28 bits per heavy atom. The van der Waals surface area contributed by atoms with Crippen LogP contribution < -0.4 is 16.0 Å². The summed E-state index contributed by atoms with van der Waals surface area (Å²) in [6, 6.07) is 0. The molecule has 0 spiro atoms. The number of rotatable bonds is 2. The fourth-order valence-electron chi connectivity index (χ4n) is 2.22. The molecule has 0 amide bonds. The van der Waals surface area contributed by atoms with Crippen LogP contribution in [0.5, 0.6) is 0 Å². The quantitative estimate of drug-likeness (QED) is 0.557. The van der Waals surface area contributed by atoms with Crippen LogP contribution in [0.2, 0.25) is 0 Å². The molecular weight excluding hydrogens is 232 g/mol. The van der Waals surface area contributed by atoms with Crippen molar-refractivity contribution in [3.63, 3.8) is 0 Å². The van der Waals surface area contributed by atoms with Gasteiger partial charge in [-0.25, -0.2) is 0 Å². The first-order valence-corrected chi connectivity index (χ1v) is 7.03. The number of nitrogens with one attached hydrogen (secondary N) is 3. The lowest BCUT2D eigenvalue weighted by molar-refractivity contribution is -0.0614. The SMILES string of the molecule is C1CNCCN(CC2OCCO2)CCNCCN1. The van der Waals surface area contributed by atoms with E-state index in [0.717, 1.165) is 72.1 Å². The van der Waals surface area contributed by atoms with Crippen molar-refractivity contribution in [1.29, 1.82) is 0 Å². The third-order valence-corrected chi connectivity index (χ3v) is 3.26. The summed E-state index contributed by atoms with van der Waals surface area (Å²) in [4.78, 5) is 2.41. The van der Waals surface area contributed by atoms with E-state index in [-0.39, 0.29) is 6.29 Å². The van der Waals surface area contributed by atoms with E-state index in [4.69, 9.17) is 9.47 Å². The van der Waals surface area contributed by atoms with Crippen molar-refractivity contribution in [2.24, 2.45) is 0 Å². The summed E-state index contributed by atoms with van der Waals surface area (Å²) in [5.41, 5.74) is 0. The van der Waals surface area contributed by atoms with Crippen LogP contribution in [0.25, 0.3) is 0 Å². The van der Waals surface area contributed by atoms with Gasteiger partial charge in [0.05, 0.1) is 13.2 Å². The van der Waals surface area contributed by atoms with Crippen molar-refractivity contribution >= 4 is 0 Å². The van der Waals surface area contributed by atoms with Gasteiger partial charge < -0.3 is 25.4 Å².